The summed E-state index contributed by atoms with van der Waals surface area (Å²) in [6, 6.07) is -15.3. The zero-order valence-electron chi connectivity index (χ0n) is 39.1. The van der Waals surface area contributed by atoms with Crippen molar-refractivity contribution in [1.29, 1.82) is 0 Å². The predicted molar refractivity (Wildman–Crippen MR) is 238 cm³/mol. The van der Waals surface area contributed by atoms with Crippen molar-refractivity contribution >= 4 is 71.0 Å². The Hall–Kier alpha value is -7.31. The van der Waals surface area contributed by atoms with Gasteiger partial charge in [-0.05, 0) is 31.6 Å². The third kappa shape index (κ3) is 21.3. The number of nitrogens with zero attached hydrogens (tertiary/aromatic N) is 1. The Morgan fingerprint density at radius 1 is 0.586 bits per heavy atom. The van der Waals surface area contributed by atoms with Crippen LogP contribution in [0.15, 0.2) is 12.5 Å². The highest BCUT2D eigenvalue weighted by Gasteiger charge is 2.37. The number of amides is 10. The number of carboxylic acid groups (broad SMARTS) is 2. The highest BCUT2D eigenvalue weighted by molar-refractivity contribution is 6.00. The number of hydrogen-bond acceptors (Lipinski definition) is 17. The molecule has 10 atom stereocenters. The molecule has 0 saturated heterocycles. The number of nitrogens with two attached hydrogens (primary N) is 3. The third-order valence-electron chi connectivity index (χ3n) is 9.96. The van der Waals surface area contributed by atoms with Crippen molar-refractivity contribution in [3.63, 3.8) is 0 Å². The van der Waals surface area contributed by atoms with Gasteiger partial charge >= 0.3 is 11.9 Å². The minimum Gasteiger partial charge on any atom is -0.481 e. The molecule has 70 heavy (non-hydrogen) atoms. The molecule has 0 spiro atoms. The molecule has 392 valence electrons. The van der Waals surface area contributed by atoms with E-state index >= 15 is 0 Å². The molecule has 0 bridgehead atoms. The van der Waals surface area contributed by atoms with E-state index in [2.05, 4.69) is 47.2 Å². The van der Waals surface area contributed by atoms with E-state index in [1.165, 1.54) is 26.4 Å². The van der Waals surface area contributed by atoms with Crippen LogP contribution in [0.4, 0.5) is 0 Å². The number of aliphatic carboxylic acids is 2. The molecule has 0 fully saturated rings. The molecule has 1 aromatic heterocycles. The van der Waals surface area contributed by atoms with Crippen molar-refractivity contribution < 1.29 is 83.1 Å². The normalized spacial score (nSPS) is 15.4. The van der Waals surface area contributed by atoms with Crippen molar-refractivity contribution in [2.75, 3.05) is 13.2 Å². The first-order chi connectivity index (χ1) is 32.6. The van der Waals surface area contributed by atoms with Gasteiger partial charge in [0.2, 0.25) is 59.1 Å². The molecule has 0 aliphatic carbocycles. The smallest absolute Gasteiger partial charge is 0.328 e. The minimum atomic E-state index is -2.08. The lowest BCUT2D eigenvalue weighted by Gasteiger charge is -2.28. The highest BCUT2D eigenvalue weighted by Crippen LogP contribution is 2.10. The second-order valence-electron chi connectivity index (χ2n) is 16.8. The van der Waals surface area contributed by atoms with Gasteiger partial charge in [0.15, 0.2) is 6.04 Å². The summed E-state index contributed by atoms with van der Waals surface area (Å²) in [5, 5.41) is 66.4. The third-order valence-corrected chi connectivity index (χ3v) is 9.96. The first-order valence-corrected chi connectivity index (χ1v) is 21.7. The van der Waals surface area contributed by atoms with Crippen LogP contribution in [0, 0.1) is 11.8 Å². The van der Waals surface area contributed by atoms with Crippen LogP contribution in [0.25, 0.3) is 0 Å². The standard InChI is InChI=1S/C40H65N13O17/c1-16(2)8-21(33(62)51-26(14-55)38(67)52-30(17(3)4)39(68)53-31(18(5)56)40(69)70)47-35(64)23(10-28(43)58)48-36(65)24(11-29(59)60)49-37(66)25(13-54)50-34(63)22(9-19-12-44-15-45-19)46-32(61)20(41)6-7-27(42)57/h12,15-18,20-26,30-31,54-56H,6-11,13-14,41H2,1-5H3,(H2,42,57)(H2,43,58)(H,44,45)(H,46,61)(H,47,64)(H,48,65)(H,49,66)(H,50,63)(H,51,62)(H,52,67)(H,53,68)(H,59,60)(H,69,70)/t18-,20+,21+,22+,23+,24+,25+,26+,30+,31+/m1/s1. The van der Waals surface area contributed by atoms with Crippen molar-refractivity contribution in [3.05, 3.63) is 18.2 Å². The molecular weight excluding hydrogens is 935 g/mol. The summed E-state index contributed by atoms with van der Waals surface area (Å²) in [4.78, 5) is 160. The quantitative estimate of drug-likeness (QED) is 0.0319. The van der Waals surface area contributed by atoms with E-state index in [0.717, 1.165) is 6.92 Å². The number of rotatable bonds is 32. The van der Waals surface area contributed by atoms with Crippen LogP contribution in [-0.4, -0.2) is 180 Å². The summed E-state index contributed by atoms with van der Waals surface area (Å²) < 4.78 is 0. The Labute approximate surface area is 400 Å². The second-order valence-corrected chi connectivity index (χ2v) is 16.8. The van der Waals surface area contributed by atoms with E-state index in [1.807, 2.05) is 5.32 Å². The van der Waals surface area contributed by atoms with Gasteiger partial charge in [0, 0.05) is 24.7 Å². The summed E-state index contributed by atoms with van der Waals surface area (Å²) in [7, 11) is 0. The Kier molecular flexibility index (Phi) is 25.6. The summed E-state index contributed by atoms with van der Waals surface area (Å²) in [6.45, 7) is 5.10. The first-order valence-electron chi connectivity index (χ1n) is 21.7. The van der Waals surface area contributed by atoms with E-state index in [4.69, 9.17) is 17.2 Å². The molecule has 30 heteroatoms. The maximum Gasteiger partial charge on any atom is 0.328 e. The van der Waals surface area contributed by atoms with E-state index in [0.29, 0.717) is 5.69 Å². The predicted octanol–water partition coefficient (Wildman–Crippen LogP) is -8.07. The van der Waals surface area contributed by atoms with Crippen LogP contribution >= 0.6 is 0 Å². The largest absolute Gasteiger partial charge is 0.481 e. The molecule has 0 radical (unpaired) electrons. The highest BCUT2D eigenvalue weighted by atomic mass is 16.4. The number of carbonyl (C=O) groups is 12. The molecule has 1 rings (SSSR count). The van der Waals surface area contributed by atoms with Crippen LogP contribution in [0.1, 0.15) is 72.4 Å². The zero-order chi connectivity index (χ0) is 53.6. The number of hydrogen-bond donors (Lipinski definition) is 17. The summed E-state index contributed by atoms with van der Waals surface area (Å²) in [5.41, 5.74) is 16.6. The van der Waals surface area contributed by atoms with Gasteiger partial charge in [-0.2, -0.15) is 0 Å². The molecular formula is C40H65N13O17. The number of primary amides is 2. The fourth-order valence-corrected chi connectivity index (χ4v) is 6.20. The second kappa shape index (κ2) is 29.5. The van der Waals surface area contributed by atoms with Crippen LogP contribution in [-0.2, 0) is 64.0 Å². The van der Waals surface area contributed by atoms with Gasteiger partial charge in [-0.15, -0.1) is 0 Å². The lowest BCUT2D eigenvalue weighted by molar-refractivity contribution is -0.145. The van der Waals surface area contributed by atoms with Crippen LogP contribution in [0.2, 0.25) is 0 Å². The average Bonchev–Trinajstić information content (AvgIpc) is 3.78. The number of carboxylic acids is 2. The topological polar surface area (TPSA) is 509 Å². The van der Waals surface area contributed by atoms with Crippen molar-refractivity contribution in [2.24, 2.45) is 29.0 Å². The average molecular weight is 1000 g/mol. The number of aliphatic hydroxyl groups excluding tert-OH is 3. The number of aliphatic hydroxyl groups is 3. The molecule has 1 heterocycles. The summed E-state index contributed by atoms with van der Waals surface area (Å²) in [5.74, 6) is -15.5. The molecule has 1 aromatic rings. The molecule has 0 aliphatic heterocycles. The molecule has 10 amide bonds. The zero-order valence-corrected chi connectivity index (χ0v) is 39.1. The van der Waals surface area contributed by atoms with E-state index in [1.54, 1.807) is 13.8 Å². The van der Waals surface area contributed by atoms with Gasteiger partial charge in [0.1, 0.15) is 42.3 Å². The molecule has 20 N–H and O–H groups in total. The van der Waals surface area contributed by atoms with Crippen LogP contribution in [0.3, 0.4) is 0 Å². The van der Waals surface area contributed by atoms with Gasteiger partial charge in [0.25, 0.3) is 0 Å². The molecule has 0 saturated carbocycles. The van der Waals surface area contributed by atoms with Gasteiger partial charge in [-0.3, -0.25) is 52.7 Å². The van der Waals surface area contributed by atoms with Gasteiger partial charge < -0.3 is 90.3 Å². The van der Waals surface area contributed by atoms with Crippen LogP contribution < -0.4 is 59.7 Å². The summed E-state index contributed by atoms with van der Waals surface area (Å²) in [6.07, 6.45) is -2.01. The fraction of sp³-hybridized carbons (Fsp3) is 0.625. The Balaban J connectivity index is 3.31. The van der Waals surface area contributed by atoms with E-state index < -0.39 is 163 Å². The van der Waals surface area contributed by atoms with Crippen LogP contribution in [0.5, 0.6) is 0 Å². The Morgan fingerprint density at radius 3 is 1.46 bits per heavy atom. The number of aromatic amines is 1. The van der Waals surface area contributed by atoms with Crippen molar-refractivity contribution in [2.45, 2.75) is 134 Å². The number of H-pyrrole nitrogens is 1. The lowest BCUT2D eigenvalue weighted by Crippen LogP contribution is -2.62. The van der Waals surface area contributed by atoms with Crippen molar-refractivity contribution in [3.8, 4) is 0 Å². The monoisotopic (exact) mass is 999 g/mol. The van der Waals surface area contributed by atoms with Crippen molar-refractivity contribution in [1.82, 2.24) is 52.5 Å². The Morgan fingerprint density at radius 2 is 1.03 bits per heavy atom. The molecule has 0 aromatic carbocycles. The maximum absolute atomic E-state index is 13.7. The Bertz CT molecular complexity index is 2020. The van der Waals surface area contributed by atoms with Gasteiger partial charge in [-0.25, -0.2) is 9.78 Å². The van der Waals surface area contributed by atoms with Gasteiger partial charge in [0.05, 0.1) is 44.5 Å². The molecule has 0 unspecified atom stereocenters. The van der Waals surface area contributed by atoms with Gasteiger partial charge in [-0.1, -0.05) is 27.7 Å². The summed E-state index contributed by atoms with van der Waals surface area (Å²) >= 11 is 0. The molecule has 0 aliphatic rings. The maximum atomic E-state index is 13.7. The number of nitrogens with one attached hydrogen (secondary N) is 9. The number of imidazole rings is 1. The first kappa shape index (κ1) is 60.7. The lowest BCUT2D eigenvalue weighted by atomic mass is 10.0. The van der Waals surface area contributed by atoms with E-state index in [9.17, 15) is 83.1 Å². The fourth-order valence-electron chi connectivity index (χ4n) is 6.20. The minimum absolute atomic E-state index is 0.179. The van der Waals surface area contributed by atoms with E-state index in [-0.39, 0.29) is 31.6 Å². The SMILES string of the molecule is CC(C)C[C@H](NC(=O)[C@H](CC(N)=O)NC(=O)[C@H](CC(=O)O)NC(=O)[C@H](CO)NC(=O)[C@H](Cc1cnc[nH]1)NC(=O)[C@@H](N)CCC(N)=O)C(=O)N[C@@H](CO)C(=O)N[C@H](C(=O)N[C@H](C(=O)O)[C@@H](C)O)C(C)C. The molecule has 30 nitrogen and oxygen atoms in total. The number of carbonyl (C=O) groups excluding carboxylic acids is 10. The number of aromatic nitrogens is 2.